The molecule has 0 aromatic heterocycles. The van der Waals surface area contributed by atoms with Gasteiger partial charge in [-0.1, -0.05) is 48.5 Å². The first-order valence-corrected chi connectivity index (χ1v) is 6.09. The Hall–Kier alpha value is -2.42. The summed E-state index contributed by atoms with van der Waals surface area (Å²) in [5.74, 6) is -0.102. The van der Waals surface area contributed by atoms with Crippen LogP contribution in [0.3, 0.4) is 0 Å². The van der Waals surface area contributed by atoms with Crippen LogP contribution in [0.5, 0.6) is 0 Å². The van der Waals surface area contributed by atoms with E-state index in [9.17, 15) is 4.79 Å². The van der Waals surface area contributed by atoms with Gasteiger partial charge in [-0.2, -0.15) is 0 Å². The number of carbonyl (C=O) groups excluding carboxylic acids is 1. The van der Waals surface area contributed by atoms with Gasteiger partial charge in [-0.05, 0) is 12.1 Å². The van der Waals surface area contributed by atoms with E-state index in [0.717, 1.165) is 11.3 Å². The smallest absolute Gasteiger partial charge is 0.272 e. The van der Waals surface area contributed by atoms with Crippen molar-refractivity contribution in [2.75, 3.05) is 14.1 Å². The van der Waals surface area contributed by atoms with Crippen molar-refractivity contribution in [2.45, 2.75) is 0 Å². The summed E-state index contributed by atoms with van der Waals surface area (Å²) < 4.78 is 0. The van der Waals surface area contributed by atoms with Gasteiger partial charge < -0.3 is 4.90 Å². The molecule has 0 bridgehead atoms. The Kier molecular flexibility index (Phi) is 4.08. The number of carbonyl (C=O) groups is 1. The largest absolute Gasteiger partial charge is 0.343 e. The molecule has 0 aliphatic heterocycles. The molecule has 0 heterocycles. The third kappa shape index (κ3) is 3.28. The van der Waals surface area contributed by atoms with Crippen LogP contribution in [0.2, 0.25) is 0 Å². The zero-order valence-electron chi connectivity index (χ0n) is 11.1. The van der Waals surface area contributed by atoms with Crippen LogP contribution < -0.4 is 0 Å². The van der Waals surface area contributed by atoms with E-state index in [4.69, 9.17) is 0 Å². The van der Waals surface area contributed by atoms with Crippen molar-refractivity contribution < 1.29 is 4.79 Å². The second kappa shape index (κ2) is 5.96. The molecule has 0 spiro atoms. The number of hydrogen-bond acceptors (Lipinski definition) is 2. The second-order valence-corrected chi connectivity index (χ2v) is 4.36. The average Bonchev–Trinajstić information content (AvgIpc) is 2.46. The summed E-state index contributed by atoms with van der Waals surface area (Å²) >= 11 is 0. The van der Waals surface area contributed by atoms with Gasteiger partial charge in [-0.3, -0.25) is 4.79 Å². The lowest BCUT2D eigenvalue weighted by Crippen LogP contribution is -2.30. The molecule has 0 fully saturated rings. The highest BCUT2D eigenvalue weighted by Crippen LogP contribution is 2.14. The van der Waals surface area contributed by atoms with E-state index >= 15 is 0 Å². The lowest BCUT2D eigenvalue weighted by atomic mass is 10.1. The van der Waals surface area contributed by atoms with Gasteiger partial charge in [0.2, 0.25) is 0 Å². The Morgan fingerprint density at radius 3 is 1.95 bits per heavy atom. The Balaban J connectivity index is 2.47. The first kappa shape index (κ1) is 13.0. The molecular weight excluding hydrogens is 236 g/mol. The molecule has 0 N–H and O–H groups in total. The lowest BCUT2D eigenvalue weighted by Gasteiger charge is -2.12. The molecule has 0 radical (unpaired) electrons. The molecule has 3 nitrogen and oxygen atoms in total. The van der Waals surface area contributed by atoms with Crippen molar-refractivity contribution in [3.8, 4) is 0 Å². The number of rotatable bonds is 3. The highest BCUT2D eigenvalue weighted by molar-refractivity contribution is 6.45. The monoisotopic (exact) mass is 252 g/mol. The van der Waals surface area contributed by atoms with Crippen LogP contribution >= 0.6 is 0 Å². The molecule has 0 aliphatic carbocycles. The molecule has 0 unspecified atom stereocenters. The number of hydrogen-bond donors (Lipinski definition) is 0. The summed E-state index contributed by atoms with van der Waals surface area (Å²) in [4.78, 5) is 18.3. The summed E-state index contributed by atoms with van der Waals surface area (Å²) in [6.07, 6.45) is 0. The Bertz CT molecular complexity index is 574. The maximum atomic E-state index is 12.2. The predicted octanol–water partition coefficient (Wildman–Crippen LogP) is 2.90. The highest BCUT2D eigenvalue weighted by Gasteiger charge is 2.15. The van der Waals surface area contributed by atoms with E-state index in [1.165, 1.54) is 4.90 Å². The van der Waals surface area contributed by atoms with Crippen LogP contribution in [0.25, 0.3) is 0 Å². The van der Waals surface area contributed by atoms with Gasteiger partial charge in [0.15, 0.2) is 0 Å². The Morgan fingerprint density at radius 1 is 0.895 bits per heavy atom. The van der Waals surface area contributed by atoms with E-state index in [1.54, 1.807) is 14.1 Å². The fraction of sp³-hybridized carbons (Fsp3) is 0.125. The maximum absolute atomic E-state index is 12.2. The summed E-state index contributed by atoms with van der Waals surface area (Å²) in [5, 5.41) is 0. The molecule has 2 aromatic rings. The van der Waals surface area contributed by atoms with Crippen molar-refractivity contribution in [2.24, 2.45) is 4.99 Å². The average molecular weight is 252 g/mol. The molecule has 2 rings (SSSR count). The third-order valence-corrected chi connectivity index (χ3v) is 2.65. The van der Waals surface area contributed by atoms with Crippen molar-refractivity contribution in [1.82, 2.24) is 4.90 Å². The number of likely N-dealkylation sites (N-methyl/N-ethyl adjacent to an activating group) is 1. The number of nitrogens with zero attached hydrogens (tertiary/aromatic N) is 2. The second-order valence-electron chi connectivity index (χ2n) is 4.36. The fourth-order valence-corrected chi connectivity index (χ4v) is 1.68. The third-order valence-electron chi connectivity index (χ3n) is 2.65. The van der Waals surface area contributed by atoms with E-state index in [0.29, 0.717) is 5.71 Å². The minimum absolute atomic E-state index is 0.102. The molecule has 96 valence electrons. The Labute approximate surface area is 113 Å². The van der Waals surface area contributed by atoms with Crippen LogP contribution in [0.4, 0.5) is 5.69 Å². The van der Waals surface area contributed by atoms with Crippen LogP contribution in [-0.2, 0) is 4.79 Å². The van der Waals surface area contributed by atoms with Crippen LogP contribution in [-0.4, -0.2) is 30.6 Å². The van der Waals surface area contributed by atoms with Gasteiger partial charge in [0, 0.05) is 19.7 Å². The minimum atomic E-state index is -0.102. The molecule has 0 atom stereocenters. The number of para-hydroxylation sites is 1. The maximum Gasteiger partial charge on any atom is 0.272 e. The van der Waals surface area contributed by atoms with Gasteiger partial charge in [0.25, 0.3) is 5.91 Å². The molecular formula is C16H16N2O. The quantitative estimate of drug-likeness (QED) is 0.773. The normalized spacial score (nSPS) is 11.2. The molecule has 1 amide bonds. The van der Waals surface area contributed by atoms with Gasteiger partial charge in [0.05, 0.1) is 5.69 Å². The van der Waals surface area contributed by atoms with Gasteiger partial charge in [-0.15, -0.1) is 0 Å². The van der Waals surface area contributed by atoms with Crippen LogP contribution in [0.1, 0.15) is 5.56 Å². The van der Waals surface area contributed by atoms with Gasteiger partial charge in [0.1, 0.15) is 5.71 Å². The van der Waals surface area contributed by atoms with Crippen molar-refractivity contribution in [1.29, 1.82) is 0 Å². The Morgan fingerprint density at radius 2 is 1.42 bits per heavy atom. The van der Waals surface area contributed by atoms with E-state index in [1.807, 2.05) is 60.7 Å². The van der Waals surface area contributed by atoms with E-state index in [-0.39, 0.29) is 5.91 Å². The first-order chi connectivity index (χ1) is 9.18. The fourth-order valence-electron chi connectivity index (χ4n) is 1.68. The lowest BCUT2D eigenvalue weighted by molar-refractivity contribution is -0.121. The van der Waals surface area contributed by atoms with E-state index < -0.39 is 0 Å². The molecule has 2 aromatic carbocycles. The SMILES string of the molecule is CN(C)C(=O)C(=Nc1ccccc1)c1ccccc1. The van der Waals surface area contributed by atoms with Gasteiger partial charge in [-0.25, -0.2) is 4.99 Å². The number of amides is 1. The summed E-state index contributed by atoms with van der Waals surface area (Å²) in [6.45, 7) is 0. The van der Waals surface area contributed by atoms with Crippen LogP contribution in [0.15, 0.2) is 65.7 Å². The zero-order chi connectivity index (χ0) is 13.7. The molecule has 0 saturated heterocycles. The van der Waals surface area contributed by atoms with Crippen molar-refractivity contribution in [3.63, 3.8) is 0 Å². The number of aliphatic imine (C=N–C) groups is 1. The molecule has 19 heavy (non-hydrogen) atoms. The topological polar surface area (TPSA) is 32.7 Å². The number of benzene rings is 2. The first-order valence-electron chi connectivity index (χ1n) is 6.09. The summed E-state index contributed by atoms with van der Waals surface area (Å²) in [6, 6.07) is 19.0. The molecule has 0 saturated carbocycles. The van der Waals surface area contributed by atoms with E-state index in [2.05, 4.69) is 4.99 Å². The molecule has 3 heteroatoms. The van der Waals surface area contributed by atoms with Crippen molar-refractivity contribution >= 4 is 17.3 Å². The summed E-state index contributed by atoms with van der Waals surface area (Å²) in [5.41, 5.74) is 2.05. The minimum Gasteiger partial charge on any atom is -0.343 e. The zero-order valence-corrected chi connectivity index (χ0v) is 11.1. The van der Waals surface area contributed by atoms with Crippen LogP contribution in [0, 0.1) is 0 Å². The van der Waals surface area contributed by atoms with Gasteiger partial charge >= 0.3 is 0 Å². The molecule has 0 aliphatic rings. The highest BCUT2D eigenvalue weighted by atomic mass is 16.2. The summed E-state index contributed by atoms with van der Waals surface area (Å²) in [7, 11) is 3.46. The van der Waals surface area contributed by atoms with Crippen molar-refractivity contribution in [3.05, 3.63) is 66.2 Å². The standard InChI is InChI=1S/C16H16N2O/c1-18(2)16(19)15(13-9-5-3-6-10-13)17-14-11-7-4-8-12-14/h3-12H,1-2H3. The predicted molar refractivity (Wildman–Crippen MR) is 77.8 cm³/mol.